The van der Waals surface area contributed by atoms with E-state index in [9.17, 15) is 19.2 Å². The maximum Gasteiger partial charge on any atom is 0.263 e. The molecule has 0 bridgehead atoms. The maximum absolute atomic E-state index is 14.4. The fraction of sp³-hybridized carbons (Fsp3) is 0.126. The number of fused-ring (bicyclic) bond motifs is 5. The van der Waals surface area contributed by atoms with E-state index in [0.717, 1.165) is 134 Å². The summed E-state index contributed by atoms with van der Waals surface area (Å²) in [6.07, 6.45) is 14.9. The van der Waals surface area contributed by atoms with E-state index in [1.54, 1.807) is 77.9 Å². The molecule has 21 aromatic rings. The first-order valence-electron chi connectivity index (χ1n) is 47.5. The Kier molecular flexibility index (Phi) is 28.9. The number of anilines is 4. The second kappa shape index (κ2) is 43.6. The number of nitrogens with zero attached hydrogens (tertiary/aromatic N) is 20. The van der Waals surface area contributed by atoms with Gasteiger partial charge in [0.2, 0.25) is 28.6 Å². The number of nitrogens with one attached hydrogen (secondary N) is 4. The summed E-state index contributed by atoms with van der Waals surface area (Å²) in [5.74, 6) is 4.47. The fourth-order valence-corrected chi connectivity index (χ4v) is 18.2. The minimum Gasteiger partial charge on any atom is -0.481 e. The van der Waals surface area contributed by atoms with Crippen LogP contribution in [0.25, 0.3) is 141 Å². The minimum atomic E-state index is -0.350. The topological polar surface area (TPSA) is 317 Å². The molecule has 4 atom stereocenters. The molecule has 0 aliphatic carbocycles. The summed E-state index contributed by atoms with van der Waals surface area (Å²) in [4.78, 5) is 123. The lowest BCUT2D eigenvalue weighted by atomic mass is 9.98. The molecule has 148 heavy (non-hydrogen) atoms. The van der Waals surface area contributed by atoms with Crippen LogP contribution in [-0.2, 0) is 0 Å². The van der Waals surface area contributed by atoms with Crippen LogP contribution in [-0.4, -0.2) is 85.2 Å². The highest BCUT2D eigenvalue weighted by Crippen LogP contribution is 2.40. The molecule has 0 spiro atoms. The van der Waals surface area contributed by atoms with Crippen molar-refractivity contribution in [3.8, 4) is 73.1 Å². The highest BCUT2D eigenvalue weighted by Gasteiger charge is 2.28. The molecule has 0 aliphatic rings. The van der Waals surface area contributed by atoms with Gasteiger partial charge in [-0.2, -0.15) is 0 Å². The van der Waals surface area contributed by atoms with Crippen LogP contribution in [0.5, 0.6) is 5.88 Å². The zero-order chi connectivity index (χ0) is 103. The molecule has 12 heterocycles. The molecular weight excluding hydrogens is 1850 g/mol. The van der Waals surface area contributed by atoms with Gasteiger partial charge in [-0.1, -0.05) is 164 Å². The summed E-state index contributed by atoms with van der Waals surface area (Å²) in [6.45, 7) is 48.9. The number of aryl methyl sites for hydroxylation is 6. The van der Waals surface area contributed by atoms with Crippen LogP contribution in [0.15, 0.2) is 354 Å². The molecular formula is C119H96N24O5. The van der Waals surface area contributed by atoms with Crippen LogP contribution in [0.3, 0.4) is 0 Å². The van der Waals surface area contributed by atoms with Crippen molar-refractivity contribution in [2.45, 2.75) is 93.4 Å². The van der Waals surface area contributed by atoms with Gasteiger partial charge in [-0.3, -0.25) is 72.3 Å². The Hall–Kier alpha value is -20.0. The van der Waals surface area contributed by atoms with Crippen molar-refractivity contribution >= 4 is 100 Å². The molecule has 21 rings (SSSR count). The first kappa shape index (κ1) is 98.2. The highest BCUT2D eigenvalue weighted by atomic mass is 16.5. The van der Waals surface area contributed by atoms with E-state index in [1.165, 1.54) is 24.8 Å². The predicted octanol–water partition coefficient (Wildman–Crippen LogP) is 25.3. The molecule has 9 aromatic carbocycles. The molecule has 722 valence electrons. The molecule has 0 saturated heterocycles. The Morgan fingerprint density at radius 1 is 0.291 bits per heavy atom. The van der Waals surface area contributed by atoms with Gasteiger partial charge < -0.3 is 26.0 Å². The number of hydrogen-bond donors (Lipinski definition) is 4. The Bertz CT molecular complexity index is 8880. The Morgan fingerprint density at radius 2 is 0.595 bits per heavy atom. The third kappa shape index (κ3) is 20.7. The van der Waals surface area contributed by atoms with E-state index < -0.39 is 0 Å². The lowest BCUT2D eigenvalue weighted by molar-refractivity contribution is 0.398. The molecule has 4 N–H and O–H groups in total. The normalized spacial score (nSPS) is 11.7. The Morgan fingerprint density at radius 3 is 0.919 bits per heavy atom. The Balaban J connectivity index is 0.000000129. The first-order chi connectivity index (χ1) is 71.9. The van der Waals surface area contributed by atoms with Gasteiger partial charge in [0, 0.05) is 130 Å². The standard InChI is InChI=1S/C32H24N6O.C29H24N6O2.2C29H24N6O/c1-20(36-31-28(33-3)19-34-21(2)37-31)29-17-23-11-9-14-26(24-16-22-10-7-8-15-27(22)35-18-24)30(23)32(39)38(29)25-12-5-4-6-13-25;1-18(33-28-24(30-3)17-32-19(2)34-28)25-15-21-9-8-12-23(20-13-14-31-26(16-20)37-4)27(21)29(36)35(25)22-10-6-5-7-11-22;1-18-13-22(16-31-15-18)24-12-8-9-21-14-26(19(2)33-28-25(30-4)17-32-20(3)34-28)35(29(36)27(21)24)23-10-6-5-7-11-23;1-18-15-21(13-14-31-18)24-12-8-9-22-16-26(19(2)33-28-25(30-4)17-32-20(3)34-28)35(29(36)27(22)24)23-10-6-5-7-11-23/h4-20H,1-2H3,(H,34,36,37);5-18H,1-2,4H3,(H,32,33,34);2*5-17,19H,1-3H3,(H,32,33,34)/t20-;18-;2*19-/m0000/s1. The van der Waals surface area contributed by atoms with Crippen LogP contribution in [0.1, 0.15) is 109 Å². The van der Waals surface area contributed by atoms with E-state index in [2.05, 4.69) is 107 Å². The molecule has 0 radical (unpaired) electrons. The lowest BCUT2D eigenvalue weighted by Crippen LogP contribution is -2.26. The summed E-state index contributed by atoms with van der Waals surface area (Å²) in [6, 6.07) is 88.2. The predicted molar refractivity (Wildman–Crippen MR) is 585 cm³/mol. The minimum absolute atomic E-state index is 0.114. The largest absolute Gasteiger partial charge is 0.481 e. The van der Waals surface area contributed by atoms with Crippen molar-refractivity contribution in [2.75, 3.05) is 28.4 Å². The van der Waals surface area contributed by atoms with E-state index in [0.29, 0.717) is 96.7 Å². The zero-order valence-electron chi connectivity index (χ0n) is 82.5. The summed E-state index contributed by atoms with van der Waals surface area (Å²) < 4.78 is 12.2. The van der Waals surface area contributed by atoms with E-state index in [-0.39, 0.29) is 46.4 Å². The first-order valence-corrected chi connectivity index (χ1v) is 47.5. The van der Waals surface area contributed by atoms with Crippen molar-refractivity contribution in [1.29, 1.82) is 0 Å². The van der Waals surface area contributed by atoms with Crippen LogP contribution < -0.4 is 48.2 Å². The third-order valence-electron chi connectivity index (χ3n) is 25.1. The van der Waals surface area contributed by atoms with Gasteiger partial charge in [0.15, 0.2) is 0 Å². The average Bonchev–Trinajstić information content (AvgIpc) is 0.757. The van der Waals surface area contributed by atoms with Crippen molar-refractivity contribution in [2.24, 2.45) is 0 Å². The summed E-state index contributed by atoms with van der Waals surface area (Å²) in [5, 5.41) is 20.2. The number of para-hydroxylation sites is 5. The van der Waals surface area contributed by atoms with Crippen LogP contribution in [0.2, 0.25) is 0 Å². The summed E-state index contributed by atoms with van der Waals surface area (Å²) >= 11 is 0. The van der Waals surface area contributed by atoms with Gasteiger partial charge in [-0.15, -0.1) is 0 Å². The van der Waals surface area contributed by atoms with Gasteiger partial charge in [0.1, 0.15) is 46.6 Å². The van der Waals surface area contributed by atoms with Crippen molar-refractivity contribution < 1.29 is 4.74 Å². The number of pyridine rings is 8. The molecule has 29 nitrogen and oxygen atoms in total. The van der Waals surface area contributed by atoms with Gasteiger partial charge >= 0.3 is 0 Å². The zero-order valence-corrected chi connectivity index (χ0v) is 82.5. The molecule has 0 unspecified atom stereocenters. The third-order valence-corrected chi connectivity index (χ3v) is 25.1. The molecule has 0 saturated carbocycles. The number of benzene rings is 9. The SMILES string of the molecule is [C-]#[N+]c1cnc(C)nc1N[C@@H](C)c1cc2cccc(-c3ccnc(C)c3)c2c(=O)n1-c1ccccc1.[C-]#[N+]c1cnc(C)nc1N[C@@H](C)c1cc2cccc(-c3ccnc(OC)c3)c2c(=O)n1-c1ccccc1.[C-]#[N+]c1cnc(C)nc1N[C@@H](C)c1cc2cccc(-c3cnc4ccccc4c3)c2c(=O)n1-c1ccccc1.[C-]#[N+]c1cnc(C)nc1N[C@@H](C)c1cc2cccc(-c3cncc(C)c3)c2c(=O)n1-c1ccccc1. The van der Waals surface area contributed by atoms with E-state index in [1.807, 2.05) is 321 Å². The number of aromatic nitrogens is 16. The number of ether oxygens (including phenoxy) is 1. The molecule has 29 heteroatoms. The van der Waals surface area contributed by atoms with Gasteiger partial charge in [-0.25, -0.2) is 44.3 Å². The van der Waals surface area contributed by atoms with Gasteiger partial charge in [-0.05, 0) is 239 Å². The monoisotopic (exact) mass is 1940 g/mol. The number of hydrogen-bond acceptors (Lipinski definition) is 21. The second-order valence-electron chi connectivity index (χ2n) is 35.2. The smallest absolute Gasteiger partial charge is 0.263 e. The fourth-order valence-electron chi connectivity index (χ4n) is 18.2. The van der Waals surface area contributed by atoms with Crippen molar-refractivity contribution in [1.82, 2.24) is 78.1 Å². The molecule has 12 aromatic heterocycles. The van der Waals surface area contributed by atoms with E-state index >= 15 is 0 Å². The summed E-state index contributed by atoms with van der Waals surface area (Å²) in [7, 11) is 1.57. The van der Waals surface area contributed by atoms with Gasteiger partial charge in [0.05, 0.1) is 84.6 Å². The maximum atomic E-state index is 14.4. The van der Waals surface area contributed by atoms with Crippen molar-refractivity contribution in [3.05, 3.63) is 479 Å². The average molecular weight is 1940 g/mol. The number of rotatable bonds is 21. The molecule has 0 aliphatic heterocycles. The van der Waals surface area contributed by atoms with Crippen molar-refractivity contribution in [3.63, 3.8) is 0 Å². The van der Waals surface area contributed by atoms with Crippen LogP contribution in [0, 0.1) is 67.8 Å². The lowest BCUT2D eigenvalue weighted by Gasteiger charge is -2.22. The highest BCUT2D eigenvalue weighted by molar-refractivity contribution is 6.01. The molecule has 0 amide bonds. The second-order valence-corrected chi connectivity index (χ2v) is 35.2. The van der Waals surface area contributed by atoms with Gasteiger partial charge in [0.25, 0.3) is 22.2 Å². The van der Waals surface area contributed by atoms with Crippen LogP contribution >= 0.6 is 0 Å². The number of methoxy groups -OCH3 is 1. The Labute approximate surface area is 851 Å². The summed E-state index contributed by atoms with van der Waals surface area (Å²) in [5.41, 5.74) is 16.5. The van der Waals surface area contributed by atoms with Crippen LogP contribution in [0.4, 0.5) is 46.0 Å². The van der Waals surface area contributed by atoms with E-state index in [4.69, 9.17) is 31.0 Å². The molecule has 0 fully saturated rings. The quantitative estimate of drug-likeness (QED) is 0.0486.